The Bertz CT molecular complexity index is 203. The Morgan fingerprint density at radius 1 is 1.46 bits per heavy atom. The van der Waals surface area contributed by atoms with E-state index < -0.39 is 23.9 Å². The Hall–Kier alpha value is -0.0500. The van der Waals surface area contributed by atoms with Crippen LogP contribution in [0.15, 0.2) is 0 Å². The lowest BCUT2D eigenvalue weighted by Gasteiger charge is -2.25. The van der Waals surface area contributed by atoms with Crippen molar-refractivity contribution in [2.24, 2.45) is 5.41 Å². The van der Waals surface area contributed by atoms with E-state index in [1.54, 1.807) is 0 Å². The van der Waals surface area contributed by atoms with E-state index in [0.717, 1.165) is 13.8 Å². The van der Waals surface area contributed by atoms with Crippen molar-refractivity contribution in [2.45, 2.75) is 26.4 Å². The molecular weight excluding hydrogens is 302 g/mol. The van der Waals surface area contributed by atoms with Gasteiger partial charge >= 0.3 is 6.18 Å². The van der Waals surface area contributed by atoms with Crippen molar-refractivity contribution in [3.63, 3.8) is 0 Å². The molecule has 0 aromatic rings. The molecule has 78 valence electrons. The predicted octanol–water partition coefficient (Wildman–Crippen LogP) is 2.53. The third-order valence-electron chi connectivity index (χ3n) is 1.39. The van der Waals surface area contributed by atoms with Crippen molar-refractivity contribution in [3.05, 3.63) is 0 Å². The second-order valence-corrected chi connectivity index (χ2v) is 4.16. The van der Waals surface area contributed by atoms with Gasteiger partial charge in [-0.05, 0) is 0 Å². The molecule has 0 saturated carbocycles. The summed E-state index contributed by atoms with van der Waals surface area (Å²) >= 11 is 1.22. The van der Waals surface area contributed by atoms with E-state index in [2.05, 4.69) is 0 Å². The van der Waals surface area contributed by atoms with Crippen LogP contribution in [-0.4, -0.2) is 20.6 Å². The molecule has 0 heterocycles. The molecule has 0 rings (SSSR count). The van der Waals surface area contributed by atoms with Crippen LogP contribution >= 0.6 is 22.9 Å². The largest absolute Gasteiger partial charge is 0.390 e. The van der Waals surface area contributed by atoms with Crippen LogP contribution < -0.4 is 0 Å². The maximum Gasteiger partial charge on any atom is 0.390 e. The van der Waals surface area contributed by atoms with Gasteiger partial charge in [-0.2, -0.15) is 16.4 Å². The van der Waals surface area contributed by atoms with Crippen LogP contribution in [0.2, 0.25) is 0 Å². The molecule has 1 N–H and O–H groups in total. The van der Waals surface area contributed by atoms with Crippen LogP contribution in [0.3, 0.4) is 0 Å². The van der Waals surface area contributed by atoms with Crippen molar-refractivity contribution in [1.29, 1.82) is 0 Å². The van der Waals surface area contributed by atoms with Crippen molar-refractivity contribution in [1.82, 2.24) is 3.28 Å². The van der Waals surface area contributed by atoms with E-state index in [0.29, 0.717) is 0 Å². The van der Waals surface area contributed by atoms with Crippen LogP contribution in [0.25, 0.3) is 0 Å². The Labute approximate surface area is 87.3 Å². The van der Waals surface area contributed by atoms with Gasteiger partial charge in [-0.1, -0.05) is 13.8 Å². The van der Waals surface area contributed by atoms with Crippen LogP contribution in [0.4, 0.5) is 13.2 Å². The molecule has 0 unspecified atom stereocenters. The first-order chi connectivity index (χ1) is 5.56. The number of amides is 1. The molecular formula is C6H9F3INO2. The average Bonchev–Trinajstić information content (AvgIpc) is 1.80. The third-order valence-corrected chi connectivity index (χ3v) is 1.83. The zero-order chi connectivity index (χ0) is 10.9. The number of hydrogen-bond donors (Lipinski definition) is 1. The van der Waals surface area contributed by atoms with E-state index in [4.69, 9.17) is 5.21 Å². The monoisotopic (exact) mass is 311 g/mol. The van der Waals surface area contributed by atoms with Gasteiger partial charge in [0.2, 0.25) is 0 Å². The topological polar surface area (TPSA) is 40.5 Å². The summed E-state index contributed by atoms with van der Waals surface area (Å²) in [6, 6.07) is 0. The molecule has 0 aromatic carbocycles. The SMILES string of the molecule is CC(C)(CC(F)(F)F)C(=O)N(O)I. The third kappa shape index (κ3) is 4.65. The number of carbonyl (C=O) groups excluding carboxylic acids is 1. The Balaban J connectivity index is 4.49. The Morgan fingerprint density at radius 3 is 2.08 bits per heavy atom. The fraction of sp³-hybridized carbons (Fsp3) is 0.833. The summed E-state index contributed by atoms with van der Waals surface area (Å²) in [5.41, 5.74) is -1.63. The number of carbonyl (C=O) groups is 1. The number of nitrogens with zero attached hydrogens (tertiary/aromatic N) is 1. The maximum absolute atomic E-state index is 11.9. The highest BCUT2D eigenvalue weighted by molar-refractivity contribution is 14.1. The smallest absolute Gasteiger partial charge is 0.276 e. The molecule has 0 bridgehead atoms. The van der Waals surface area contributed by atoms with Gasteiger partial charge in [0.1, 0.15) is 0 Å². The Kier molecular flexibility index (Phi) is 3.97. The van der Waals surface area contributed by atoms with Crippen molar-refractivity contribution >= 4 is 28.8 Å². The molecule has 0 atom stereocenters. The first-order valence-corrected chi connectivity index (χ1v) is 4.29. The van der Waals surface area contributed by atoms with Gasteiger partial charge in [0.25, 0.3) is 5.91 Å². The van der Waals surface area contributed by atoms with E-state index >= 15 is 0 Å². The summed E-state index contributed by atoms with van der Waals surface area (Å²) in [6.45, 7) is 2.26. The number of halogens is 4. The van der Waals surface area contributed by atoms with Crippen molar-refractivity contribution < 1.29 is 23.2 Å². The van der Waals surface area contributed by atoms with E-state index in [1.165, 1.54) is 22.9 Å². The lowest BCUT2D eigenvalue weighted by molar-refractivity contribution is -0.175. The maximum atomic E-state index is 11.9. The standard InChI is InChI=1S/C6H9F3INO2/c1-5(2,3-6(7,8)9)4(12)11(10)13/h13H,3H2,1-2H3. The van der Waals surface area contributed by atoms with Crippen LogP contribution in [0.5, 0.6) is 0 Å². The highest BCUT2D eigenvalue weighted by Gasteiger charge is 2.42. The number of hydrogen-bond acceptors (Lipinski definition) is 2. The molecule has 13 heavy (non-hydrogen) atoms. The molecule has 1 amide bonds. The zero-order valence-electron chi connectivity index (χ0n) is 7.02. The molecule has 0 radical (unpaired) electrons. The molecule has 0 aliphatic carbocycles. The van der Waals surface area contributed by atoms with Gasteiger partial charge in [-0.3, -0.25) is 10.0 Å². The summed E-state index contributed by atoms with van der Waals surface area (Å²) in [6.07, 6.45) is -5.66. The van der Waals surface area contributed by atoms with Crippen LogP contribution in [0, 0.1) is 5.41 Å². The normalized spacial score (nSPS) is 12.8. The highest BCUT2D eigenvalue weighted by Crippen LogP contribution is 2.34. The van der Waals surface area contributed by atoms with Crippen LogP contribution in [0.1, 0.15) is 20.3 Å². The van der Waals surface area contributed by atoms with E-state index in [1.807, 2.05) is 0 Å². The molecule has 0 aliphatic heterocycles. The zero-order valence-corrected chi connectivity index (χ0v) is 9.18. The number of hydroxylamine groups is 1. The van der Waals surface area contributed by atoms with Crippen molar-refractivity contribution in [2.75, 3.05) is 0 Å². The van der Waals surface area contributed by atoms with Gasteiger partial charge in [0, 0.05) is 0 Å². The van der Waals surface area contributed by atoms with E-state index in [-0.39, 0.29) is 3.28 Å². The fourth-order valence-corrected chi connectivity index (χ4v) is 1.48. The molecule has 7 heteroatoms. The fourth-order valence-electron chi connectivity index (χ4n) is 0.826. The van der Waals surface area contributed by atoms with Crippen molar-refractivity contribution in [3.8, 4) is 0 Å². The van der Waals surface area contributed by atoms with E-state index in [9.17, 15) is 18.0 Å². The summed E-state index contributed by atoms with van der Waals surface area (Å²) in [4.78, 5) is 11.0. The molecule has 0 aliphatic rings. The quantitative estimate of drug-likeness (QED) is 0.368. The minimum Gasteiger partial charge on any atom is -0.276 e. The average molecular weight is 311 g/mol. The van der Waals surface area contributed by atoms with Gasteiger partial charge in [0.15, 0.2) is 0 Å². The minimum atomic E-state index is -4.41. The molecule has 0 aromatic heterocycles. The summed E-state index contributed by atoms with van der Waals surface area (Å²) in [5.74, 6) is -0.967. The first kappa shape index (κ1) is 12.9. The number of rotatable bonds is 2. The molecule has 0 saturated heterocycles. The lowest BCUT2D eigenvalue weighted by atomic mass is 9.88. The predicted molar refractivity (Wildman–Crippen MR) is 47.1 cm³/mol. The van der Waals surface area contributed by atoms with Crippen LogP contribution in [-0.2, 0) is 4.79 Å². The lowest BCUT2D eigenvalue weighted by Crippen LogP contribution is -2.36. The summed E-state index contributed by atoms with van der Waals surface area (Å²) in [5, 5.41) is 8.66. The van der Waals surface area contributed by atoms with Gasteiger partial charge < -0.3 is 0 Å². The minimum absolute atomic E-state index is 0.142. The second-order valence-electron chi connectivity index (χ2n) is 3.24. The Morgan fingerprint density at radius 2 is 1.85 bits per heavy atom. The summed E-state index contributed by atoms with van der Waals surface area (Å²) in [7, 11) is 0. The van der Waals surface area contributed by atoms with Gasteiger partial charge in [-0.25, -0.2) is 0 Å². The highest BCUT2D eigenvalue weighted by atomic mass is 127. The second kappa shape index (κ2) is 3.99. The molecule has 0 spiro atoms. The first-order valence-electron chi connectivity index (χ1n) is 3.32. The summed E-state index contributed by atoms with van der Waals surface area (Å²) < 4.78 is 35.9. The molecule has 0 fully saturated rings. The molecule has 3 nitrogen and oxygen atoms in total. The van der Waals surface area contributed by atoms with Gasteiger partial charge in [0.05, 0.1) is 34.7 Å². The number of alkyl halides is 3. The van der Waals surface area contributed by atoms with Gasteiger partial charge in [-0.15, -0.1) is 0 Å².